The monoisotopic (exact) mass is 224 g/mol. The van der Waals surface area contributed by atoms with E-state index in [1.54, 1.807) is 0 Å². The van der Waals surface area contributed by atoms with Crippen LogP contribution < -0.4 is 11.1 Å². The van der Waals surface area contributed by atoms with E-state index in [0.29, 0.717) is 6.42 Å². The highest BCUT2D eigenvalue weighted by atomic mass is 16.3. The second-order valence-electron chi connectivity index (χ2n) is 4.11. The first-order valence-corrected chi connectivity index (χ1v) is 5.58. The third-order valence-corrected chi connectivity index (χ3v) is 2.68. The van der Waals surface area contributed by atoms with Gasteiger partial charge in [0, 0.05) is 5.56 Å². The zero-order chi connectivity index (χ0) is 12.3. The molecule has 0 aliphatic rings. The van der Waals surface area contributed by atoms with Crippen molar-refractivity contribution >= 4 is 5.91 Å². The summed E-state index contributed by atoms with van der Waals surface area (Å²) >= 11 is 0. The number of nitrogens with one attached hydrogen (secondary N) is 1. The van der Waals surface area contributed by atoms with E-state index in [1.807, 2.05) is 33.8 Å². The smallest absolute Gasteiger partial charge is 0.237 e. The molecule has 16 heavy (non-hydrogen) atoms. The van der Waals surface area contributed by atoms with Crippen molar-refractivity contribution in [2.24, 2.45) is 5.73 Å². The number of hydrogen-bond acceptors (Lipinski definition) is 3. The van der Waals surface area contributed by atoms with Crippen LogP contribution in [0, 0.1) is 13.8 Å². The van der Waals surface area contributed by atoms with Crippen molar-refractivity contribution in [1.29, 1.82) is 0 Å². The van der Waals surface area contributed by atoms with Crippen molar-refractivity contribution in [1.82, 2.24) is 5.32 Å². The van der Waals surface area contributed by atoms with Gasteiger partial charge in [0.25, 0.3) is 0 Å². The Labute approximate surface area is 96.2 Å². The third-order valence-electron chi connectivity index (χ3n) is 2.68. The van der Waals surface area contributed by atoms with E-state index < -0.39 is 6.04 Å². The lowest BCUT2D eigenvalue weighted by Crippen LogP contribution is -2.41. The van der Waals surface area contributed by atoms with Gasteiger partial charge >= 0.3 is 0 Å². The number of aryl methyl sites for hydroxylation is 2. The van der Waals surface area contributed by atoms with E-state index in [9.17, 15) is 4.79 Å². The summed E-state index contributed by atoms with van der Waals surface area (Å²) in [6.45, 7) is 7.60. The zero-order valence-corrected chi connectivity index (χ0v) is 10.3. The van der Waals surface area contributed by atoms with Crippen LogP contribution in [-0.4, -0.2) is 11.9 Å². The fraction of sp³-hybridized carbons (Fsp3) is 0.583. The van der Waals surface area contributed by atoms with Crippen molar-refractivity contribution in [3.8, 4) is 0 Å². The Balaban J connectivity index is 2.69. The van der Waals surface area contributed by atoms with Crippen LogP contribution in [0.5, 0.6) is 0 Å². The van der Waals surface area contributed by atoms with Gasteiger partial charge in [0.2, 0.25) is 5.91 Å². The molecule has 0 saturated carbocycles. The van der Waals surface area contributed by atoms with Crippen molar-refractivity contribution < 1.29 is 9.21 Å². The Bertz CT molecular complexity index is 371. The molecular formula is C12H20N2O2. The molecule has 4 heteroatoms. The minimum Gasteiger partial charge on any atom is -0.466 e. The van der Waals surface area contributed by atoms with Crippen LogP contribution in [0.25, 0.3) is 0 Å². The van der Waals surface area contributed by atoms with Crippen LogP contribution in [-0.2, 0) is 4.79 Å². The van der Waals surface area contributed by atoms with Gasteiger partial charge in [-0.25, -0.2) is 0 Å². The predicted molar refractivity (Wildman–Crippen MR) is 63.0 cm³/mol. The van der Waals surface area contributed by atoms with Gasteiger partial charge in [-0.3, -0.25) is 4.79 Å². The molecule has 1 aromatic rings. The quantitative estimate of drug-likeness (QED) is 0.819. The molecule has 0 aromatic carbocycles. The van der Waals surface area contributed by atoms with Gasteiger partial charge in [-0.05, 0) is 33.3 Å². The first-order chi connectivity index (χ1) is 7.45. The topological polar surface area (TPSA) is 68.3 Å². The van der Waals surface area contributed by atoms with Crippen LogP contribution in [0.1, 0.15) is 43.4 Å². The van der Waals surface area contributed by atoms with Crippen LogP contribution in [0.15, 0.2) is 10.5 Å². The Morgan fingerprint density at radius 1 is 1.56 bits per heavy atom. The fourth-order valence-electron chi connectivity index (χ4n) is 1.66. The number of carbonyl (C=O) groups is 1. The van der Waals surface area contributed by atoms with Crippen molar-refractivity contribution in [3.63, 3.8) is 0 Å². The minimum atomic E-state index is -0.434. The highest BCUT2D eigenvalue weighted by Gasteiger charge is 2.17. The molecule has 1 rings (SSSR count). The number of nitrogens with two attached hydrogens (primary N) is 1. The molecule has 1 heterocycles. The van der Waals surface area contributed by atoms with Crippen LogP contribution >= 0.6 is 0 Å². The van der Waals surface area contributed by atoms with E-state index in [4.69, 9.17) is 10.2 Å². The number of hydrogen-bond donors (Lipinski definition) is 2. The van der Waals surface area contributed by atoms with Crippen molar-refractivity contribution in [2.45, 2.75) is 46.2 Å². The summed E-state index contributed by atoms with van der Waals surface area (Å²) in [5, 5.41) is 2.88. The summed E-state index contributed by atoms with van der Waals surface area (Å²) in [6.07, 6.45) is 0.641. The molecule has 0 aliphatic carbocycles. The summed E-state index contributed by atoms with van der Waals surface area (Å²) in [5.74, 6) is 1.58. The van der Waals surface area contributed by atoms with E-state index in [2.05, 4.69) is 5.32 Å². The molecule has 2 atom stereocenters. The largest absolute Gasteiger partial charge is 0.466 e. The van der Waals surface area contributed by atoms with Gasteiger partial charge in [0.05, 0.1) is 12.1 Å². The molecule has 3 N–H and O–H groups in total. The molecule has 0 bridgehead atoms. The fourth-order valence-corrected chi connectivity index (χ4v) is 1.66. The lowest BCUT2D eigenvalue weighted by atomic mass is 10.1. The maximum atomic E-state index is 11.6. The number of furan rings is 1. The number of rotatable bonds is 4. The Kier molecular flexibility index (Phi) is 4.12. The van der Waals surface area contributed by atoms with Gasteiger partial charge in [-0.2, -0.15) is 0 Å². The molecule has 0 radical (unpaired) electrons. The average Bonchev–Trinajstić information content (AvgIpc) is 2.56. The minimum absolute atomic E-state index is 0.0671. The SMILES string of the molecule is CC[C@@H](N)C(=O)NC(C)c1cc(C)oc1C. The average molecular weight is 224 g/mol. The van der Waals surface area contributed by atoms with Gasteiger partial charge in [-0.1, -0.05) is 6.92 Å². The molecule has 90 valence electrons. The van der Waals surface area contributed by atoms with Gasteiger partial charge in [-0.15, -0.1) is 0 Å². The Morgan fingerprint density at radius 2 is 2.19 bits per heavy atom. The van der Waals surface area contributed by atoms with Crippen LogP contribution in [0.2, 0.25) is 0 Å². The van der Waals surface area contributed by atoms with Gasteiger partial charge in [0.1, 0.15) is 11.5 Å². The van der Waals surface area contributed by atoms with E-state index in [1.165, 1.54) is 0 Å². The molecule has 1 amide bonds. The lowest BCUT2D eigenvalue weighted by Gasteiger charge is -2.16. The zero-order valence-electron chi connectivity index (χ0n) is 10.3. The Morgan fingerprint density at radius 3 is 2.62 bits per heavy atom. The standard InChI is InChI=1S/C12H20N2O2/c1-5-11(13)12(15)14-8(3)10-6-7(2)16-9(10)4/h6,8,11H,5,13H2,1-4H3,(H,14,15)/t8?,11-/m1/s1. The molecule has 0 spiro atoms. The highest BCUT2D eigenvalue weighted by Crippen LogP contribution is 2.21. The second kappa shape index (κ2) is 5.16. The summed E-state index contributed by atoms with van der Waals surface area (Å²) in [5.41, 5.74) is 6.66. The molecule has 1 aromatic heterocycles. The third kappa shape index (κ3) is 2.85. The normalized spacial score (nSPS) is 14.6. The van der Waals surface area contributed by atoms with Crippen molar-refractivity contribution in [2.75, 3.05) is 0 Å². The second-order valence-corrected chi connectivity index (χ2v) is 4.11. The molecule has 0 aliphatic heterocycles. The van der Waals surface area contributed by atoms with Gasteiger partial charge in [0.15, 0.2) is 0 Å². The summed E-state index contributed by atoms with van der Waals surface area (Å²) in [4.78, 5) is 11.6. The van der Waals surface area contributed by atoms with Crippen molar-refractivity contribution in [3.05, 3.63) is 23.2 Å². The van der Waals surface area contributed by atoms with Crippen LogP contribution in [0.3, 0.4) is 0 Å². The first kappa shape index (κ1) is 12.8. The van der Waals surface area contributed by atoms with E-state index in [-0.39, 0.29) is 11.9 Å². The summed E-state index contributed by atoms with van der Waals surface area (Å²) in [7, 11) is 0. The van der Waals surface area contributed by atoms with E-state index in [0.717, 1.165) is 17.1 Å². The van der Waals surface area contributed by atoms with E-state index >= 15 is 0 Å². The predicted octanol–water partition coefficient (Wildman–Crippen LogP) is 1.81. The molecule has 4 nitrogen and oxygen atoms in total. The molecule has 1 unspecified atom stereocenters. The van der Waals surface area contributed by atoms with Crippen LogP contribution in [0.4, 0.5) is 0 Å². The Hall–Kier alpha value is -1.29. The maximum absolute atomic E-state index is 11.6. The summed E-state index contributed by atoms with van der Waals surface area (Å²) in [6, 6.07) is 1.44. The number of carbonyl (C=O) groups excluding carboxylic acids is 1. The maximum Gasteiger partial charge on any atom is 0.237 e. The molecule has 0 saturated heterocycles. The van der Waals surface area contributed by atoms with Gasteiger partial charge < -0.3 is 15.5 Å². The first-order valence-electron chi connectivity index (χ1n) is 5.58. The molecule has 0 fully saturated rings. The molecular weight excluding hydrogens is 204 g/mol. The number of amides is 1. The summed E-state index contributed by atoms with van der Waals surface area (Å²) < 4.78 is 5.42. The highest BCUT2D eigenvalue weighted by molar-refractivity contribution is 5.81. The lowest BCUT2D eigenvalue weighted by molar-refractivity contribution is -0.123.